The quantitative estimate of drug-likeness (QED) is 0.130. The van der Waals surface area contributed by atoms with Crippen LogP contribution >= 0.6 is 0 Å². The SMILES string of the molecule is CCC(CC)C(=CCCN)C(=O)ON(OC(=O)C(=CCCN)C(CC)CC)OC(=O)C(=CCCN)C(CC)CC. The summed E-state index contributed by atoms with van der Waals surface area (Å²) in [6.45, 7) is 12.8. The second kappa shape index (κ2) is 22.2. The minimum Gasteiger partial charge on any atom is -0.330 e. The van der Waals surface area contributed by atoms with E-state index >= 15 is 0 Å². The molecule has 0 fully saturated rings. The molecule has 230 valence electrons. The highest BCUT2D eigenvalue weighted by Gasteiger charge is 2.31. The Kier molecular flexibility index (Phi) is 20.8. The van der Waals surface area contributed by atoms with Crippen LogP contribution < -0.4 is 17.2 Å². The van der Waals surface area contributed by atoms with Crippen LogP contribution in [0.1, 0.15) is 99.3 Å². The van der Waals surface area contributed by atoms with Crippen molar-refractivity contribution in [2.75, 3.05) is 19.6 Å². The number of carbonyl (C=O) groups is 3. The maximum Gasteiger partial charge on any atom is 0.360 e. The normalized spacial score (nSPS) is 13.0. The summed E-state index contributed by atoms with van der Waals surface area (Å²) in [4.78, 5) is 56.3. The summed E-state index contributed by atoms with van der Waals surface area (Å²) in [6, 6.07) is 0. The Labute approximate surface area is 241 Å². The van der Waals surface area contributed by atoms with Gasteiger partial charge >= 0.3 is 17.9 Å². The lowest BCUT2D eigenvalue weighted by atomic mass is 9.93. The van der Waals surface area contributed by atoms with E-state index in [1.165, 1.54) is 0 Å². The fourth-order valence-electron chi connectivity index (χ4n) is 4.57. The van der Waals surface area contributed by atoms with Crippen molar-refractivity contribution in [2.45, 2.75) is 99.3 Å². The molecular formula is C30H54N4O6. The Morgan fingerprint density at radius 3 is 0.925 bits per heavy atom. The van der Waals surface area contributed by atoms with Gasteiger partial charge < -0.3 is 17.2 Å². The predicted octanol–water partition coefficient (Wildman–Crippen LogP) is 4.80. The second-order valence-corrected chi connectivity index (χ2v) is 9.61. The molecule has 0 aliphatic carbocycles. The largest absolute Gasteiger partial charge is 0.360 e. The average molecular weight is 567 g/mol. The third kappa shape index (κ3) is 12.8. The van der Waals surface area contributed by atoms with Gasteiger partial charge in [-0.3, -0.25) is 14.5 Å². The van der Waals surface area contributed by atoms with Gasteiger partial charge in [0.1, 0.15) is 0 Å². The lowest BCUT2D eigenvalue weighted by Gasteiger charge is -2.24. The minimum absolute atomic E-state index is 0.110. The van der Waals surface area contributed by atoms with Crippen molar-refractivity contribution >= 4 is 17.9 Å². The highest BCUT2D eigenvalue weighted by atomic mass is 17.2. The Morgan fingerprint density at radius 1 is 0.525 bits per heavy atom. The molecule has 0 aromatic heterocycles. The van der Waals surface area contributed by atoms with Gasteiger partial charge in [0.15, 0.2) is 0 Å². The number of rotatable bonds is 21. The monoisotopic (exact) mass is 566 g/mol. The highest BCUT2D eigenvalue weighted by molar-refractivity contribution is 5.91. The standard InChI is InChI=1S/C30H54N4O6/c1-7-22(8-2)25(16-13-19-31)28(35)38-34(39-29(36)26(17-14-20-32)23(9-3)10-4)40-30(37)27(18-15-21-33)24(11-5)12-6/h16-18,22-24H,7-15,19-21,31-33H2,1-6H3. The molecule has 0 amide bonds. The molecule has 10 heteroatoms. The molecule has 0 spiro atoms. The zero-order chi connectivity index (χ0) is 30.5. The van der Waals surface area contributed by atoms with Gasteiger partial charge in [0.25, 0.3) is 0 Å². The van der Waals surface area contributed by atoms with E-state index in [1.54, 1.807) is 18.2 Å². The van der Waals surface area contributed by atoms with Gasteiger partial charge in [-0.2, -0.15) is 0 Å². The Balaban J connectivity index is 6.46. The first-order chi connectivity index (χ1) is 19.2. The van der Waals surface area contributed by atoms with Gasteiger partial charge in [0.05, 0.1) is 0 Å². The maximum atomic E-state index is 13.3. The highest BCUT2D eigenvalue weighted by Crippen LogP contribution is 2.26. The number of hydrogen-bond donors (Lipinski definition) is 3. The van der Waals surface area contributed by atoms with E-state index in [0.29, 0.717) is 94.1 Å². The predicted molar refractivity (Wildman–Crippen MR) is 158 cm³/mol. The van der Waals surface area contributed by atoms with Crippen molar-refractivity contribution in [1.29, 1.82) is 0 Å². The second-order valence-electron chi connectivity index (χ2n) is 9.61. The first-order valence-electron chi connectivity index (χ1n) is 14.9. The fraction of sp³-hybridized carbons (Fsp3) is 0.700. The van der Waals surface area contributed by atoms with Crippen LogP contribution in [0.5, 0.6) is 0 Å². The molecule has 0 aromatic carbocycles. The molecule has 0 radical (unpaired) electrons. The van der Waals surface area contributed by atoms with Crippen LogP contribution in [0.2, 0.25) is 0 Å². The molecule has 0 rings (SSSR count). The average Bonchev–Trinajstić information content (AvgIpc) is 2.95. The number of nitrogens with zero attached hydrogens (tertiary/aromatic N) is 1. The molecule has 0 saturated carbocycles. The number of hydrogen-bond acceptors (Lipinski definition) is 10. The molecule has 0 heterocycles. The number of carbonyl (C=O) groups excluding carboxylic acids is 3. The van der Waals surface area contributed by atoms with Gasteiger partial charge in [0, 0.05) is 16.7 Å². The van der Waals surface area contributed by atoms with Crippen molar-refractivity contribution in [3.8, 4) is 0 Å². The van der Waals surface area contributed by atoms with Crippen molar-refractivity contribution in [3.05, 3.63) is 34.9 Å². The summed E-state index contributed by atoms with van der Waals surface area (Å²) in [7, 11) is 0. The molecule has 0 aliphatic heterocycles. The van der Waals surface area contributed by atoms with E-state index in [9.17, 15) is 14.4 Å². The summed E-state index contributed by atoms with van der Waals surface area (Å²) < 4.78 is 0. The molecule has 0 aliphatic rings. The Hall–Kier alpha value is -2.53. The molecule has 0 saturated heterocycles. The van der Waals surface area contributed by atoms with Crippen LogP contribution in [-0.2, 0) is 28.9 Å². The van der Waals surface area contributed by atoms with Crippen LogP contribution in [0, 0.1) is 17.8 Å². The van der Waals surface area contributed by atoms with Gasteiger partial charge in [-0.1, -0.05) is 59.8 Å². The molecule has 40 heavy (non-hydrogen) atoms. The fourth-order valence-corrected chi connectivity index (χ4v) is 4.57. The minimum atomic E-state index is -0.784. The third-order valence-corrected chi connectivity index (χ3v) is 7.05. The lowest BCUT2D eigenvalue weighted by molar-refractivity contribution is -0.461. The smallest absolute Gasteiger partial charge is 0.330 e. The van der Waals surface area contributed by atoms with Gasteiger partial charge in [-0.15, -0.1) is 0 Å². The third-order valence-electron chi connectivity index (χ3n) is 7.05. The van der Waals surface area contributed by atoms with Crippen LogP contribution in [-0.4, -0.2) is 42.9 Å². The topological polar surface area (TPSA) is 160 Å². The number of nitrogens with two attached hydrogens (primary N) is 3. The summed E-state index contributed by atoms with van der Waals surface area (Å²) in [5.41, 5.74) is 18.2. The van der Waals surface area contributed by atoms with Crippen LogP contribution in [0.25, 0.3) is 0 Å². The summed E-state index contributed by atoms with van der Waals surface area (Å²) in [6.07, 6.45) is 10.6. The molecule has 0 unspecified atom stereocenters. The molecule has 0 aromatic rings. The van der Waals surface area contributed by atoms with Crippen LogP contribution in [0.3, 0.4) is 0 Å². The van der Waals surface area contributed by atoms with E-state index in [-0.39, 0.29) is 23.1 Å². The summed E-state index contributed by atoms with van der Waals surface area (Å²) in [5, 5.41) is 0.253. The van der Waals surface area contributed by atoms with E-state index < -0.39 is 17.9 Å². The molecule has 10 nitrogen and oxygen atoms in total. The van der Waals surface area contributed by atoms with E-state index in [0.717, 1.165) is 0 Å². The lowest BCUT2D eigenvalue weighted by Crippen LogP contribution is -2.36. The van der Waals surface area contributed by atoms with Crippen LogP contribution in [0.4, 0.5) is 0 Å². The summed E-state index contributed by atoms with van der Waals surface area (Å²) >= 11 is 0. The van der Waals surface area contributed by atoms with Gasteiger partial charge in [0.2, 0.25) is 5.39 Å². The van der Waals surface area contributed by atoms with Crippen molar-refractivity contribution in [1.82, 2.24) is 5.39 Å². The van der Waals surface area contributed by atoms with E-state index in [1.807, 2.05) is 41.5 Å². The van der Waals surface area contributed by atoms with Crippen molar-refractivity contribution in [2.24, 2.45) is 35.0 Å². The first-order valence-corrected chi connectivity index (χ1v) is 14.9. The first kappa shape index (κ1) is 37.5. The molecular weight excluding hydrogens is 512 g/mol. The molecule has 6 N–H and O–H groups in total. The molecule has 0 atom stereocenters. The van der Waals surface area contributed by atoms with Crippen LogP contribution in [0.15, 0.2) is 34.9 Å². The van der Waals surface area contributed by atoms with E-state index in [2.05, 4.69) is 0 Å². The molecule has 0 bridgehead atoms. The zero-order valence-electron chi connectivity index (χ0n) is 25.6. The zero-order valence-corrected chi connectivity index (χ0v) is 25.6. The van der Waals surface area contributed by atoms with Crippen molar-refractivity contribution in [3.63, 3.8) is 0 Å². The van der Waals surface area contributed by atoms with Crippen molar-refractivity contribution < 1.29 is 28.9 Å². The Morgan fingerprint density at radius 2 is 0.750 bits per heavy atom. The Bertz CT molecular complexity index is 734. The van der Waals surface area contributed by atoms with E-state index in [4.69, 9.17) is 31.7 Å². The summed E-state index contributed by atoms with van der Waals surface area (Å²) in [5.74, 6) is -2.68. The maximum absolute atomic E-state index is 13.3. The van der Waals surface area contributed by atoms with Gasteiger partial charge in [-0.05, 0) is 95.2 Å². The van der Waals surface area contributed by atoms with Gasteiger partial charge in [-0.25, -0.2) is 14.4 Å².